The monoisotopic (exact) mass is 229 g/mol. The molecule has 0 radical (unpaired) electrons. The lowest BCUT2D eigenvalue weighted by Crippen LogP contribution is -2.16. The van der Waals surface area contributed by atoms with E-state index < -0.39 is 0 Å². The first kappa shape index (κ1) is 10.8. The molecule has 1 heterocycles. The fourth-order valence-electron chi connectivity index (χ4n) is 2.24. The number of fused-ring (bicyclic) bond motifs is 1. The highest BCUT2D eigenvalue weighted by Crippen LogP contribution is 2.30. The molecule has 2 nitrogen and oxygen atoms in total. The van der Waals surface area contributed by atoms with E-state index in [1.165, 1.54) is 24.0 Å². The Morgan fingerprint density at radius 2 is 2.29 bits per heavy atom. The minimum atomic E-state index is 0.813. The van der Waals surface area contributed by atoms with Crippen LogP contribution in [0.4, 0.5) is 0 Å². The molecule has 1 aromatic carbocycles. The molecule has 1 aromatic rings. The van der Waals surface area contributed by atoms with Gasteiger partial charge in [-0.3, -0.25) is 0 Å². The van der Waals surface area contributed by atoms with E-state index in [2.05, 4.69) is 35.7 Å². The Labute approximate surface area is 103 Å². The van der Waals surface area contributed by atoms with Crippen molar-refractivity contribution in [1.29, 1.82) is 0 Å². The van der Waals surface area contributed by atoms with Crippen molar-refractivity contribution in [2.45, 2.75) is 31.7 Å². The van der Waals surface area contributed by atoms with Crippen LogP contribution in [0.1, 0.15) is 30.4 Å². The molecule has 0 atom stereocenters. The molecular formula is C15H19NO. The molecule has 0 bridgehead atoms. The summed E-state index contributed by atoms with van der Waals surface area (Å²) in [6, 6.07) is 7.23. The second-order valence-electron chi connectivity index (χ2n) is 4.85. The molecule has 3 rings (SSSR count). The van der Waals surface area contributed by atoms with Crippen molar-refractivity contribution >= 4 is 6.08 Å². The van der Waals surface area contributed by atoms with E-state index in [4.69, 9.17) is 4.74 Å². The van der Waals surface area contributed by atoms with Gasteiger partial charge in [-0.2, -0.15) is 0 Å². The molecule has 0 amide bonds. The zero-order valence-corrected chi connectivity index (χ0v) is 10.1. The zero-order chi connectivity index (χ0) is 11.5. The van der Waals surface area contributed by atoms with Crippen LogP contribution in [-0.4, -0.2) is 19.2 Å². The lowest BCUT2D eigenvalue weighted by atomic mass is 10.1. The summed E-state index contributed by atoms with van der Waals surface area (Å²) in [5.74, 6) is 1.10. The maximum absolute atomic E-state index is 5.67. The second-order valence-corrected chi connectivity index (χ2v) is 4.85. The topological polar surface area (TPSA) is 21.3 Å². The van der Waals surface area contributed by atoms with Gasteiger partial charge in [-0.25, -0.2) is 0 Å². The lowest BCUT2D eigenvalue weighted by molar-refractivity contribution is 0.356. The van der Waals surface area contributed by atoms with Crippen molar-refractivity contribution in [2.75, 3.05) is 13.2 Å². The molecule has 0 spiro atoms. The Kier molecular flexibility index (Phi) is 3.14. The van der Waals surface area contributed by atoms with Gasteiger partial charge in [0.15, 0.2) is 0 Å². The van der Waals surface area contributed by atoms with Crippen LogP contribution < -0.4 is 10.1 Å². The van der Waals surface area contributed by atoms with Gasteiger partial charge < -0.3 is 10.1 Å². The van der Waals surface area contributed by atoms with E-state index in [1.807, 2.05) is 0 Å². The quantitative estimate of drug-likeness (QED) is 0.784. The zero-order valence-electron chi connectivity index (χ0n) is 10.1. The number of rotatable bonds is 5. The first-order valence-corrected chi connectivity index (χ1v) is 6.58. The number of hydrogen-bond acceptors (Lipinski definition) is 2. The summed E-state index contributed by atoms with van der Waals surface area (Å²) in [6.07, 6.45) is 9.32. The van der Waals surface area contributed by atoms with Crippen LogP contribution in [0.5, 0.6) is 5.75 Å². The number of nitrogens with one attached hydrogen (secondary N) is 1. The molecule has 1 N–H and O–H groups in total. The highest BCUT2D eigenvalue weighted by Gasteiger charge is 2.19. The third kappa shape index (κ3) is 2.70. The number of ether oxygens (including phenoxy) is 1. The third-order valence-electron chi connectivity index (χ3n) is 3.36. The van der Waals surface area contributed by atoms with Crippen LogP contribution >= 0.6 is 0 Å². The van der Waals surface area contributed by atoms with E-state index in [1.54, 1.807) is 0 Å². The molecular weight excluding hydrogens is 210 g/mol. The Morgan fingerprint density at radius 1 is 1.35 bits per heavy atom. The first-order valence-electron chi connectivity index (χ1n) is 6.58. The largest absolute Gasteiger partial charge is 0.492 e. The fourth-order valence-corrected chi connectivity index (χ4v) is 2.24. The SMILES string of the molecule is C(=C\c1cccc2c1OCC2)/CCNC1CC1. The summed E-state index contributed by atoms with van der Waals surface area (Å²) in [6.45, 7) is 1.93. The summed E-state index contributed by atoms with van der Waals surface area (Å²) in [5, 5.41) is 3.51. The highest BCUT2D eigenvalue weighted by atomic mass is 16.5. The van der Waals surface area contributed by atoms with Gasteiger partial charge in [-0.05, 0) is 31.4 Å². The van der Waals surface area contributed by atoms with Gasteiger partial charge >= 0.3 is 0 Å². The molecule has 17 heavy (non-hydrogen) atoms. The molecule has 1 aliphatic heterocycles. The number of para-hydroxylation sites is 1. The van der Waals surface area contributed by atoms with Gasteiger partial charge in [0, 0.05) is 18.0 Å². The maximum atomic E-state index is 5.67. The van der Waals surface area contributed by atoms with E-state index in [-0.39, 0.29) is 0 Å². The van der Waals surface area contributed by atoms with Crippen molar-refractivity contribution in [2.24, 2.45) is 0 Å². The maximum Gasteiger partial charge on any atom is 0.129 e. The summed E-state index contributed by atoms with van der Waals surface area (Å²) < 4.78 is 5.67. The van der Waals surface area contributed by atoms with E-state index >= 15 is 0 Å². The summed E-state index contributed by atoms with van der Waals surface area (Å²) in [4.78, 5) is 0. The molecule has 1 saturated carbocycles. The minimum absolute atomic E-state index is 0.813. The van der Waals surface area contributed by atoms with Gasteiger partial charge in [0.05, 0.1) is 6.61 Å². The van der Waals surface area contributed by atoms with E-state index in [0.717, 1.165) is 37.8 Å². The van der Waals surface area contributed by atoms with Crippen molar-refractivity contribution in [3.63, 3.8) is 0 Å². The average Bonchev–Trinajstić information content (AvgIpc) is 3.04. The van der Waals surface area contributed by atoms with Crippen LogP contribution in [0.2, 0.25) is 0 Å². The molecule has 0 saturated heterocycles. The Balaban J connectivity index is 1.56. The van der Waals surface area contributed by atoms with Crippen LogP contribution in [0, 0.1) is 0 Å². The molecule has 90 valence electrons. The lowest BCUT2D eigenvalue weighted by Gasteiger charge is -2.03. The van der Waals surface area contributed by atoms with Crippen molar-refractivity contribution in [3.05, 3.63) is 35.4 Å². The van der Waals surface area contributed by atoms with Crippen molar-refractivity contribution in [3.8, 4) is 5.75 Å². The number of benzene rings is 1. The Morgan fingerprint density at radius 3 is 3.18 bits per heavy atom. The predicted octanol–water partition coefficient (Wildman–Crippen LogP) is 2.78. The van der Waals surface area contributed by atoms with E-state index in [0.29, 0.717) is 0 Å². The predicted molar refractivity (Wildman–Crippen MR) is 70.3 cm³/mol. The molecule has 1 fully saturated rings. The van der Waals surface area contributed by atoms with Crippen LogP contribution in [0.3, 0.4) is 0 Å². The van der Waals surface area contributed by atoms with Gasteiger partial charge in [0.25, 0.3) is 0 Å². The average molecular weight is 229 g/mol. The van der Waals surface area contributed by atoms with Gasteiger partial charge in [-0.15, -0.1) is 0 Å². The number of hydrogen-bond donors (Lipinski definition) is 1. The third-order valence-corrected chi connectivity index (χ3v) is 3.36. The fraction of sp³-hybridized carbons (Fsp3) is 0.467. The summed E-state index contributed by atoms with van der Waals surface area (Å²) in [5.41, 5.74) is 2.58. The minimum Gasteiger partial charge on any atom is -0.492 e. The van der Waals surface area contributed by atoms with Crippen LogP contribution in [0.15, 0.2) is 24.3 Å². The van der Waals surface area contributed by atoms with E-state index in [9.17, 15) is 0 Å². The second kappa shape index (κ2) is 4.92. The van der Waals surface area contributed by atoms with Crippen LogP contribution in [-0.2, 0) is 6.42 Å². The summed E-state index contributed by atoms with van der Waals surface area (Å²) >= 11 is 0. The Hall–Kier alpha value is -1.28. The molecule has 0 aromatic heterocycles. The molecule has 0 unspecified atom stereocenters. The summed E-state index contributed by atoms with van der Waals surface area (Å²) in [7, 11) is 0. The first-order chi connectivity index (χ1) is 8.43. The molecule has 1 aliphatic carbocycles. The standard InChI is InChI=1S/C15H19NO/c1(2-10-16-14-7-8-14)4-12-5-3-6-13-9-11-17-15(12)13/h1,3-6,14,16H,2,7-11H2/b4-1+. The van der Waals surface area contributed by atoms with Crippen molar-refractivity contribution < 1.29 is 4.74 Å². The highest BCUT2D eigenvalue weighted by molar-refractivity contribution is 5.60. The normalized spacial score (nSPS) is 18.4. The molecule has 2 heteroatoms. The Bertz CT molecular complexity index is 421. The smallest absolute Gasteiger partial charge is 0.129 e. The van der Waals surface area contributed by atoms with Gasteiger partial charge in [0.1, 0.15) is 5.75 Å². The van der Waals surface area contributed by atoms with Gasteiger partial charge in [0.2, 0.25) is 0 Å². The van der Waals surface area contributed by atoms with Gasteiger partial charge in [-0.1, -0.05) is 30.4 Å². The van der Waals surface area contributed by atoms with Crippen LogP contribution in [0.25, 0.3) is 6.08 Å². The molecule has 2 aliphatic rings. The van der Waals surface area contributed by atoms with Crippen molar-refractivity contribution in [1.82, 2.24) is 5.32 Å².